The minimum atomic E-state index is -0.366. The Balaban J connectivity index is 1.20. The van der Waals surface area contributed by atoms with Crippen LogP contribution in [0.25, 0.3) is 39.0 Å². The van der Waals surface area contributed by atoms with Gasteiger partial charge < -0.3 is 4.90 Å². The predicted octanol–water partition coefficient (Wildman–Crippen LogP) is 14.4. The largest absolute Gasteiger partial charge is 0.310 e. The molecule has 4 aliphatic carbocycles. The van der Waals surface area contributed by atoms with Gasteiger partial charge in [0.25, 0.3) is 0 Å². The van der Waals surface area contributed by atoms with Crippen molar-refractivity contribution < 1.29 is 0 Å². The first kappa shape index (κ1) is 33.2. The predicted molar refractivity (Wildman–Crippen MR) is 235 cm³/mol. The highest BCUT2D eigenvalue weighted by atomic mass is 15.1. The fraction of sp³-hybridized carbons (Fsp3) is 0.164. The highest BCUT2D eigenvalue weighted by Crippen LogP contribution is 2.65. The molecule has 0 aliphatic heterocycles. The molecular formula is C55H45N. The number of hydrogen-bond donors (Lipinski definition) is 0. The summed E-state index contributed by atoms with van der Waals surface area (Å²) in [5.74, 6) is 0.467. The van der Waals surface area contributed by atoms with Gasteiger partial charge in [-0.3, -0.25) is 0 Å². The lowest BCUT2D eigenvalue weighted by atomic mass is 9.67. The maximum Gasteiger partial charge on any atom is 0.0689 e. The first-order valence-corrected chi connectivity index (χ1v) is 20.2. The monoisotopic (exact) mass is 719 g/mol. The molecule has 1 nitrogen and oxygen atoms in total. The van der Waals surface area contributed by atoms with Crippen LogP contribution in [0.4, 0.5) is 17.1 Å². The van der Waals surface area contributed by atoms with E-state index in [9.17, 15) is 0 Å². The minimum Gasteiger partial charge on any atom is -0.310 e. The fourth-order valence-corrected chi connectivity index (χ4v) is 10.8. The van der Waals surface area contributed by atoms with Crippen LogP contribution in [0.5, 0.6) is 0 Å². The first-order chi connectivity index (χ1) is 27.2. The number of nitrogens with zero attached hydrogens (tertiary/aromatic N) is 1. The molecule has 0 N–H and O–H groups in total. The van der Waals surface area contributed by atoms with E-state index in [4.69, 9.17) is 0 Å². The SMILES string of the molecule is Cc1ccc2c(c1)C1(C3=C2C=CC(C)C3)c2cc(C)ccc2-c2ccc(N(c3ccc4c(c3)C(C)(C)c3ccccc3-4)c3ccccc3-c3ccccc3)cc21. The van der Waals surface area contributed by atoms with Crippen LogP contribution >= 0.6 is 0 Å². The molecule has 0 fully saturated rings. The zero-order valence-corrected chi connectivity index (χ0v) is 32.8. The van der Waals surface area contributed by atoms with Gasteiger partial charge in [0.1, 0.15) is 0 Å². The van der Waals surface area contributed by atoms with Crippen molar-refractivity contribution in [2.75, 3.05) is 4.90 Å². The second-order valence-corrected chi connectivity index (χ2v) is 17.1. The Morgan fingerprint density at radius 2 is 1.04 bits per heavy atom. The van der Waals surface area contributed by atoms with E-state index >= 15 is 0 Å². The van der Waals surface area contributed by atoms with Crippen molar-refractivity contribution in [3.8, 4) is 33.4 Å². The first-order valence-electron chi connectivity index (χ1n) is 20.2. The second-order valence-electron chi connectivity index (χ2n) is 17.1. The van der Waals surface area contributed by atoms with E-state index < -0.39 is 0 Å². The highest BCUT2D eigenvalue weighted by molar-refractivity contribution is 5.99. The molecule has 0 heterocycles. The molecule has 56 heavy (non-hydrogen) atoms. The highest BCUT2D eigenvalue weighted by Gasteiger charge is 2.53. The Morgan fingerprint density at radius 3 is 1.77 bits per heavy atom. The Hall–Kier alpha value is -6.18. The van der Waals surface area contributed by atoms with Crippen LogP contribution in [0.1, 0.15) is 71.7 Å². The minimum absolute atomic E-state index is 0.118. The molecule has 0 saturated carbocycles. The van der Waals surface area contributed by atoms with E-state index in [-0.39, 0.29) is 10.8 Å². The Bertz CT molecular complexity index is 2850. The second kappa shape index (κ2) is 11.9. The maximum absolute atomic E-state index is 2.56. The number of benzene rings is 7. The molecule has 270 valence electrons. The Labute approximate surface area is 331 Å². The third kappa shape index (κ3) is 4.49. The van der Waals surface area contributed by atoms with Crippen molar-refractivity contribution in [3.63, 3.8) is 0 Å². The molecular weight excluding hydrogens is 675 g/mol. The van der Waals surface area contributed by atoms with Gasteiger partial charge in [-0.15, -0.1) is 0 Å². The summed E-state index contributed by atoms with van der Waals surface area (Å²) in [6.45, 7) is 11.6. The van der Waals surface area contributed by atoms with Gasteiger partial charge in [0, 0.05) is 22.4 Å². The van der Waals surface area contributed by atoms with Crippen molar-refractivity contribution in [1.82, 2.24) is 0 Å². The number of para-hydroxylation sites is 1. The molecule has 2 atom stereocenters. The van der Waals surface area contributed by atoms with Crippen molar-refractivity contribution in [2.45, 2.75) is 51.9 Å². The van der Waals surface area contributed by atoms with Gasteiger partial charge in [0.15, 0.2) is 0 Å². The van der Waals surface area contributed by atoms with E-state index in [1.54, 1.807) is 5.57 Å². The van der Waals surface area contributed by atoms with Gasteiger partial charge in [-0.05, 0) is 129 Å². The number of allylic oxidation sites excluding steroid dienone is 4. The summed E-state index contributed by atoms with van der Waals surface area (Å²) in [6, 6.07) is 57.7. The summed E-state index contributed by atoms with van der Waals surface area (Å²) in [5.41, 5.74) is 24.8. The van der Waals surface area contributed by atoms with Crippen molar-refractivity contribution in [1.29, 1.82) is 0 Å². The number of rotatable bonds is 4. The summed E-state index contributed by atoms with van der Waals surface area (Å²) >= 11 is 0. The lowest BCUT2D eigenvalue weighted by Crippen LogP contribution is -2.29. The average molecular weight is 720 g/mol. The molecule has 0 radical (unpaired) electrons. The zero-order valence-electron chi connectivity index (χ0n) is 32.8. The number of hydrogen-bond acceptors (Lipinski definition) is 1. The van der Waals surface area contributed by atoms with E-state index in [0.29, 0.717) is 5.92 Å². The van der Waals surface area contributed by atoms with Gasteiger partial charge in [0.05, 0.1) is 11.1 Å². The number of anilines is 3. The van der Waals surface area contributed by atoms with Crippen molar-refractivity contribution in [3.05, 3.63) is 214 Å². The molecule has 0 aromatic heterocycles. The number of aryl methyl sites for hydroxylation is 2. The Morgan fingerprint density at radius 1 is 0.500 bits per heavy atom. The summed E-state index contributed by atoms with van der Waals surface area (Å²) < 4.78 is 0. The topological polar surface area (TPSA) is 3.24 Å². The van der Waals surface area contributed by atoms with Crippen LogP contribution in [0.3, 0.4) is 0 Å². The molecule has 0 bridgehead atoms. The van der Waals surface area contributed by atoms with E-state index in [0.717, 1.165) is 6.42 Å². The fourth-order valence-electron chi connectivity index (χ4n) is 10.8. The van der Waals surface area contributed by atoms with Gasteiger partial charge >= 0.3 is 0 Å². The molecule has 7 aromatic rings. The standard InChI is InChI=1S/C55H45N/c1-34-19-24-43-44-25-20-35(2)30-50(44)55(49(43)29-34)51-31-36(3)21-26-45(51)46-28-23-39(33-52(46)55)56(53-18-12-10-15-40(53)37-13-7-6-8-14-37)38-22-27-42-41-16-9-11-17-47(41)54(4,5)48(42)32-38/h6-29,31-33,35H,30H2,1-5H3. The van der Waals surface area contributed by atoms with E-state index in [1.165, 1.54) is 101 Å². The third-order valence-corrected chi connectivity index (χ3v) is 13.4. The molecule has 1 spiro atoms. The van der Waals surface area contributed by atoms with Gasteiger partial charge in [-0.25, -0.2) is 0 Å². The average Bonchev–Trinajstić information content (AvgIpc) is 3.75. The zero-order chi connectivity index (χ0) is 37.9. The third-order valence-electron chi connectivity index (χ3n) is 13.4. The lowest BCUT2D eigenvalue weighted by Gasteiger charge is -2.36. The van der Waals surface area contributed by atoms with Crippen LogP contribution in [0.15, 0.2) is 169 Å². The van der Waals surface area contributed by atoms with Crippen LogP contribution < -0.4 is 4.90 Å². The summed E-state index contributed by atoms with van der Waals surface area (Å²) in [4.78, 5) is 2.54. The molecule has 11 rings (SSSR count). The molecule has 0 amide bonds. The summed E-state index contributed by atoms with van der Waals surface area (Å²) in [6.07, 6.45) is 5.88. The summed E-state index contributed by atoms with van der Waals surface area (Å²) in [5, 5.41) is 0. The molecule has 0 saturated heterocycles. The molecule has 7 aromatic carbocycles. The Kier molecular flexibility index (Phi) is 7.06. The van der Waals surface area contributed by atoms with E-state index in [2.05, 4.69) is 203 Å². The summed E-state index contributed by atoms with van der Waals surface area (Å²) in [7, 11) is 0. The molecule has 2 unspecified atom stereocenters. The van der Waals surface area contributed by atoms with Gasteiger partial charge in [0.2, 0.25) is 0 Å². The van der Waals surface area contributed by atoms with Crippen LogP contribution in [-0.4, -0.2) is 0 Å². The molecule has 1 heteroatoms. The smallest absolute Gasteiger partial charge is 0.0689 e. The van der Waals surface area contributed by atoms with Crippen molar-refractivity contribution in [2.24, 2.45) is 5.92 Å². The van der Waals surface area contributed by atoms with Crippen LogP contribution in [-0.2, 0) is 10.8 Å². The lowest BCUT2D eigenvalue weighted by molar-refractivity contribution is 0.630. The molecule has 4 aliphatic rings. The normalized spacial score (nSPS) is 19.0. The van der Waals surface area contributed by atoms with E-state index in [1.807, 2.05) is 0 Å². The van der Waals surface area contributed by atoms with Crippen LogP contribution in [0, 0.1) is 19.8 Å². The van der Waals surface area contributed by atoms with Crippen LogP contribution in [0.2, 0.25) is 0 Å². The van der Waals surface area contributed by atoms with Gasteiger partial charge in [-0.2, -0.15) is 0 Å². The van der Waals surface area contributed by atoms with Gasteiger partial charge in [-0.1, -0.05) is 165 Å². The quantitative estimate of drug-likeness (QED) is 0.175. The maximum atomic E-state index is 2.56. The van der Waals surface area contributed by atoms with Crippen molar-refractivity contribution >= 4 is 22.6 Å². The number of fused-ring (bicyclic) bond motifs is 12.